The van der Waals surface area contributed by atoms with E-state index in [0.717, 1.165) is 10.6 Å². The quantitative estimate of drug-likeness (QED) is 0.445. The van der Waals surface area contributed by atoms with Gasteiger partial charge in [-0.3, -0.25) is 0 Å². The van der Waals surface area contributed by atoms with Gasteiger partial charge in [-0.05, 0) is 39.3 Å². The van der Waals surface area contributed by atoms with Crippen molar-refractivity contribution in [2.75, 3.05) is 11.9 Å². The second-order valence-electron chi connectivity index (χ2n) is 9.59. The van der Waals surface area contributed by atoms with Crippen LogP contribution in [0.2, 0.25) is 5.02 Å². The van der Waals surface area contributed by atoms with Crippen LogP contribution in [0.25, 0.3) is 22.3 Å². The maximum absolute atomic E-state index is 15.2. The second kappa shape index (κ2) is 9.10. The summed E-state index contributed by atoms with van der Waals surface area (Å²) in [6, 6.07) is 0.759. The fourth-order valence-corrected chi connectivity index (χ4v) is 4.78. The van der Waals surface area contributed by atoms with Crippen molar-refractivity contribution in [3.05, 3.63) is 35.0 Å². The molecule has 3 aromatic rings. The van der Waals surface area contributed by atoms with Crippen LogP contribution in [0, 0.1) is 5.82 Å². The molecule has 1 aromatic carbocycles. The number of aliphatic hydroxyl groups is 2. The Morgan fingerprint density at radius 1 is 1.28 bits per heavy atom. The number of hydrogen-bond donors (Lipinski definition) is 3. The van der Waals surface area contributed by atoms with Crippen LogP contribution in [0.5, 0.6) is 0 Å². The predicted octanol–water partition coefficient (Wildman–Crippen LogP) is 3.63. The van der Waals surface area contributed by atoms with Gasteiger partial charge in [0, 0.05) is 5.56 Å². The smallest absolute Gasteiger partial charge is 0.258 e. The molecule has 13 heteroatoms. The van der Waals surface area contributed by atoms with E-state index in [1.165, 1.54) is 33.0 Å². The molecule has 0 saturated carbocycles. The molecule has 0 spiro atoms. The monoisotopic (exact) mass is 527 g/mol. The van der Waals surface area contributed by atoms with Gasteiger partial charge in [0.15, 0.2) is 12.1 Å². The van der Waals surface area contributed by atoms with Gasteiger partial charge in [0.25, 0.3) is 6.43 Å². The molecule has 36 heavy (non-hydrogen) atoms. The van der Waals surface area contributed by atoms with Crippen molar-refractivity contribution in [2.24, 2.45) is 0 Å². The Morgan fingerprint density at radius 3 is 2.72 bits per heavy atom. The van der Waals surface area contributed by atoms with Gasteiger partial charge >= 0.3 is 0 Å². The molecule has 0 aliphatic carbocycles. The summed E-state index contributed by atoms with van der Waals surface area (Å²) in [5, 5.41) is 24.2. The number of nitrogens with one attached hydrogen (secondary N) is 1. The fraction of sp³-hybridized carbons (Fsp3) is 0.522. The summed E-state index contributed by atoms with van der Waals surface area (Å²) < 4.78 is 54.7. The minimum Gasteiger partial charge on any atom is -0.386 e. The molecule has 5 atom stereocenters. The Bertz CT molecular complexity index is 1300. The van der Waals surface area contributed by atoms with Crippen molar-refractivity contribution < 1.29 is 32.9 Å². The molecule has 4 heterocycles. The molecule has 194 valence electrons. The number of benzene rings is 1. The third kappa shape index (κ3) is 4.41. The van der Waals surface area contributed by atoms with Gasteiger partial charge < -0.3 is 29.6 Å². The van der Waals surface area contributed by atoms with Gasteiger partial charge in [-0.1, -0.05) is 11.6 Å². The van der Waals surface area contributed by atoms with Gasteiger partial charge in [0.05, 0.1) is 47.2 Å². The zero-order valence-electron chi connectivity index (χ0n) is 19.6. The Labute approximate surface area is 209 Å². The summed E-state index contributed by atoms with van der Waals surface area (Å²) in [7, 11) is 0. The van der Waals surface area contributed by atoms with Crippen molar-refractivity contribution in [3.8, 4) is 11.3 Å². The van der Waals surface area contributed by atoms with E-state index < -0.39 is 42.3 Å². The summed E-state index contributed by atoms with van der Waals surface area (Å²) in [6.45, 7) is 4.43. The molecule has 2 fully saturated rings. The van der Waals surface area contributed by atoms with Crippen molar-refractivity contribution in [1.29, 1.82) is 0 Å². The minimum atomic E-state index is -2.79. The number of fused-ring (bicyclic) bond motifs is 3. The van der Waals surface area contributed by atoms with E-state index >= 15 is 4.39 Å². The Hall–Kier alpha value is -2.51. The molecular weight excluding hydrogens is 503 g/mol. The van der Waals surface area contributed by atoms with Crippen LogP contribution >= 0.6 is 11.6 Å². The molecule has 0 amide bonds. The summed E-state index contributed by atoms with van der Waals surface area (Å²) in [6.07, 6.45) is -2.87. The van der Waals surface area contributed by atoms with Crippen molar-refractivity contribution >= 4 is 28.6 Å². The number of imidazole rings is 1. The number of aromatic nitrogens is 4. The van der Waals surface area contributed by atoms with Crippen LogP contribution in [0.4, 0.5) is 19.1 Å². The molecule has 2 aliphatic rings. The molecule has 1 unspecified atom stereocenters. The predicted molar refractivity (Wildman–Crippen MR) is 124 cm³/mol. The molecule has 5 rings (SSSR count). The lowest BCUT2D eigenvalue weighted by atomic mass is 10.0. The fourth-order valence-electron chi connectivity index (χ4n) is 4.58. The lowest BCUT2D eigenvalue weighted by molar-refractivity contribution is -0.156. The van der Waals surface area contributed by atoms with Gasteiger partial charge in [-0.2, -0.15) is 0 Å². The highest BCUT2D eigenvalue weighted by atomic mass is 35.5. The standard InChI is InChI=1S/C23H25ClF3N5O4/c1-9(19(26)27)32-15-5-10(4-13(25)17(15)30-21(32)23(2,3)34)16-12(24)7-28-22(31-16)29-14-6-11-8-35-20(36-11)18(14)33/h4-5,7,9,11,14,18-20,33-34H,6,8H2,1-3H3,(H,28,29,31)/t9?,11-,14+,18-,20+/m0/s1. The number of halogens is 4. The van der Waals surface area contributed by atoms with E-state index in [1.807, 2.05) is 0 Å². The summed E-state index contributed by atoms with van der Waals surface area (Å²) in [4.78, 5) is 12.7. The summed E-state index contributed by atoms with van der Waals surface area (Å²) >= 11 is 6.35. The highest BCUT2D eigenvalue weighted by Gasteiger charge is 2.43. The maximum Gasteiger partial charge on any atom is 0.258 e. The molecule has 2 aromatic heterocycles. The van der Waals surface area contributed by atoms with Crippen molar-refractivity contribution in [3.63, 3.8) is 0 Å². The number of hydrogen-bond acceptors (Lipinski definition) is 8. The first-order valence-electron chi connectivity index (χ1n) is 11.4. The molecular formula is C23H25ClF3N5O4. The van der Waals surface area contributed by atoms with Crippen LogP contribution in [0.1, 0.15) is 39.1 Å². The average Bonchev–Trinajstić information content (AvgIpc) is 3.40. The number of rotatable bonds is 6. The third-order valence-electron chi connectivity index (χ3n) is 6.38. The Morgan fingerprint density at radius 2 is 2.03 bits per heavy atom. The Kier molecular flexibility index (Phi) is 6.36. The number of aliphatic hydroxyl groups excluding tert-OH is 1. The third-order valence-corrected chi connectivity index (χ3v) is 6.66. The van der Waals surface area contributed by atoms with E-state index in [2.05, 4.69) is 20.3 Å². The SMILES string of the molecule is CC(C(F)F)n1c(C(C)(C)O)nc2c(F)cc(-c3nc(N[C@@H]4C[C@H]5CO[C@H](O5)[C@H]4O)ncc3Cl)cc21. The largest absolute Gasteiger partial charge is 0.386 e. The van der Waals surface area contributed by atoms with E-state index in [9.17, 15) is 19.0 Å². The first-order chi connectivity index (χ1) is 16.9. The first kappa shape index (κ1) is 25.2. The van der Waals surface area contributed by atoms with Crippen LogP contribution in [-0.4, -0.2) is 67.3 Å². The van der Waals surface area contributed by atoms with Gasteiger partial charge in [-0.15, -0.1) is 0 Å². The molecule has 2 saturated heterocycles. The lowest BCUT2D eigenvalue weighted by Crippen LogP contribution is -2.48. The number of alkyl halides is 2. The number of ether oxygens (including phenoxy) is 2. The van der Waals surface area contributed by atoms with Gasteiger partial charge in [0.1, 0.15) is 23.0 Å². The van der Waals surface area contributed by atoms with Crippen molar-refractivity contribution in [2.45, 2.75) is 69.8 Å². The highest BCUT2D eigenvalue weighted by molar-refractivity contribution is 6.33. The molecule has 3 N–H and O–H groups in total. The second-order valence-corrected chi connectivity index (χ2v) is 10.00. The van der Waals surface area contributed by atoms with Crippen LogP contribution in [0.3, 0.4) is 0 Å². The van der Waals surface area contributed by atoms with E-state index in [1.54, 1.807) is 0 Å². The highest BCUT2D eigenvalue weighted by Crippen LogP contribution is 2.36. The minimum absolute atomic E-state index is 0.0627. The van der Waals surface area contributed by atoms with E-state index in [0.29, 0.717) is 13.0 Å². The molecule has 9 nitrogen and oxygen atoms in total. The number of anilines is 1. The summed E-state index contributed by atoms with van der Waals surface area (Å²) in [5.74, 6) is -0.749. The summed E-state index contributed by atoms with van der Waals surface area (Å²) in [5.41, 5.74) is -1.35. The molecule has 2 bridgehead atoms. The first-order valence-corrected chi connectivity index (χ1v) is 11.8. The zero-order valence-corrected chi connectivity index (χ0v) is 20.4. The lowest BCUT2D eigenvalue weighted by Gasteiger charge is -2.32. The normalized spacial score (nSPS) is 25.1. The molecule has 0 radical (unpaired) electrons. The van der Waals surface area contributed by atoms with Gasteiger partial charge in [-0.25, -0.2) is 28.1 Å². The molecule has 2 aliphatic heterocycles. The average molecular weight is 528 g/mol. The number of nitrogens with zero attached hydrogens (tertiary/aromatic N) is 4. The van der Waals surface area contributed by atoms with Crippen LogP contribution < -0.4 is 5.32 Å². The van der Waals surface area contributed by atoms with E-state index in [4.69, 9.17) is 21.1 Å². The van der Waals surface area contributed by atoms with Gasteiger partial charge in [0.2, 0.25) is 5.95 Å². The van der Waals surface area contributed by atoms with Crippen molar-refractivity contribution in [1.82, 2.24) is 19.5 Å². The van der Waals surface area contributed by atoms with Crippen LogP contribution in [-0.2, 0) is 15.1 Å². The topological polar surface area (TPSA) is 115 Å². The zero-order chi connectivity index (χ0) is 25.9. The van der Waals surface area contributed by atoms with Crippen LogP contribution in [0.15, 0.2) is 18.3 Å². The Balaban J connectivity index is 1.57. The maximum atomic E-state index is 15.2. The van der Waals surface area contributed by atoms with E-state index in [-0.39, 0.29) is 45.2 Å².